The van der Waals surface area contributed by atoms with Crippen LogP contribution in [-0.2, 0) is 4.79 Å². The molecule has 0 aliphatic heterocycles. The van der Waals surface area contributed by atoms with Crippen LogP contribution in [0.4, 0.5) is 15.1 Å². The topological polar surface area (TPSA) is 130 Å². The highest BCUT2D eigenvalue weighted by Crippen LogP contribution is 2.28. The Morgan fingerprint density at radius 3 is 2.42 bits per heavy atom. The summed E-state index contributed by atoms with van der Waals surface area (Å²) in [6.07, 6.45) is -0.00121. The first-order chi connectivity index (χ1) is 15.7. The normalized spacial score (nSPS) is 10.4. The van der Waals surface area contributed by atoms with Crippen molar-refractivity contribution in [3.63, 3.8) is 0 Å². The number of para-hydroxylation sites is 1. The molecule has 0 spiro atoms. The summed E-state index contributed by atoms with van der Waals surface area (Å²) in [6.45, 7) is 1.79. The number of nitrogens with two attached hydrogens (primary N) is 1. The number of anilines is 2. The molecule has 3 aromatic rings. The van der Waals surface area contributed by atoms with Gasteiger partial charge in [0.15, 0.2) is 0 Å². The van der Waals surface area contributed by atoms with Crippen LogP contribution in [0.2, 0.25) is 0 Å². The molecule has 10 heteroatoms. The Labute approximate surface area is 193 Å². The summed E-state index contributed by atoms with van der Waals surface area (Å²) in [5.41, 5.74) is 6.37. The van der Waals surface area contributed by atoms with Crippen LogP contribution in [0, 0.1) is 12.7 Å². The van der Waals surface area contributed by atoms with Crippen LogP contribution >= 0.6 is 11.3 Å². The van der Waals surface area contributed by atoms with Gasteiger partial charge in [0, 0.05) is 18.5 Å². The van der Waals surface area contributed by atoms with Crippen LogP contribution in [0.3, 0.4) is 0 Å². The average molecular weight is 469 g/mol. The number of halogens is 1. The molecule has 0 saturated heterocycles. The molecular weight excluding hydrogens is 447 g/mol. The molecule has 0 unspecified atom stereocenters. The van der Waals surface area contributed by atoms with Gasteiger partial charge in [0.25, 0.3) is 17.7 Å². The van der Waals surface area contributed by atoms with Crippen molar-refractivity contribution in [3.05, 3.63) is 82.0 Å². The van der Waals surface area contributed by atoms with Crippen LogP contribution in [0.1, 0.15) is 42.4 Å². The summed E-state index contributed by atoms with van der Waals surface area (Å²) >= 11 is 1.06. The third-order valence-electron chi connectivity index (χ3n) is 4.52. The van der Waals surface area contributed by atoms with Gasteiger partial charge in [0.05, 0.1) is 21.1 Å². The van der Waals surface area contributed by atoms with Gasteiger partial charge in [0.1, 0.15) is 5.82 Å². The van der Waals surface area contributed by atoms with Gasteiger partial charge in [-0.3, -0.25) is 19.2 Å². The molecule has 0 aliphatic carbocycles. The lowest BCUT2D eigenvalue weighted by Crippen LogP contribution is -2.28. The number of thiophene rings is 1. The van der Waals surface area contributed by atoms with E-state index in [0.717, 1.165) is 17.4 Å². The van der Waals surface area contributed by atoms with E-state index in [1.807, 2.05) is 0 Å². The minimum atomic E-state index is -0.537. The molecule has 1 aromatic heterocycles. The number of amides is 4. The highest BCUT2D eigenvalue weighted by Gasteiger charge is 2.19. The molecule has 8 nitrogen and oxygen atoms in total. The Bertz CT molecular complexity index is 1220. The maximum atomic E-state index is 13.4. The van der Waals surface area contributed by atoms with Crippen molar-refractivity contribution < 1.29 is 23.6 Å². The molecule has 1 heterocycles. The average Bonchev–Trinajstić information content (AvgIpc) is 3.13. The summed E-state index contributed by atoms with van der Waals surface area (Å²) in [5.74, 6) is -2.48. The van der Waals surface area contributed by atoms with Gasteiger partial charge in [-0.15, -0.1) is 11.3 Å². The van der Waals surface area contributed by atoms with Gasteiger partial charge in [-0.25, -0.2) is 4.39 Å². The molecule has 0 radical (unpaired) electrons. The number of hydrogen-bond acceptors (Lipinski definition) is 5. The molecule has 170 valence electrons. The maximum absolute atomic E-state index is 13.4. The zero-order valence-corrected chi connectivity index (χ0v) is 18.4. The van der Waals surface area contributed by atoms with Gasteiger partial charge >= 0.3 is 0 Å². The van der Waals surface area contributed by atoms with E-state index >= 15 is 0 Å². The summed E-state index contributed by atoms with van der Waals surface area (Å²) in [7, 11) is 0. The van der Waals surface area contributed by atoms with Crippen molar-refractivity contribution in [2.75, 3.05) is 17.2 Å². The van der Waals surface area contributed by atoms with Crippen LogP contribution in [0.15, 0.2) is 54.6 Å². The predicted octanol–water partition coefficient (Wildman–Crippen LogP) is 3.31. The van der Waals surface area contributed by atoms with E-state index in [1.54, 1.807) is 37.3 Å². The lowest BCUT2D eigenvalue weighted by molar-refractivity contribution is -0.117. The number of aryl methyl sites for hydroxylation is 1. The molecule has 33 heavy (non-hydrogen) atoms. The second-order valence-electron chi connectivity index (χ2n) is 7.06. The van der Waals surface area contributed by atoms with Crippen LogP contribution < -0.4 is 21.7 Å². The predicted molar refractivity (Wildman–Crippen MR) is 124 cm³/mol. The lowest BCUT2D eigenvalue weighted by Gasteiger charge is -2.11. The summed E-state index contributed by atoms with van der Waals surface area (Å²) < 4.78 is 13.4. The first-order valence-corrected chi connectivity index (χ1v) is 10.7. The quantitative estimate of drug-likeness (QED) is 0.404. The maximum Gasteiger partial charge on any atom is 0.266 e. The number of carbonyl (C=O) groups excluding carboxylic acids is 4. The molecule has 5 N–H and O–H groups in total. The Balaban J connectivity index is 1.71. The Hall–Kier alpha value is -4.05. The number of nitrogens with one attached hydrogen (secondary N) is 3. The minimum Gasteiger partial charge on any atom is -0.370 e. The standard InChI is InChI=1S/C23H21FN4O4S/c1-13-11-19(28-21(30)14-5-4-6-15(24)12-14)33-20(13)23(32)27-17-8-3-2-7-16(17)22(31)26-10-9-18(25)29/h2-8,11-12H,9-10H2,1H3,(H2,25,29)(H,26,31)(H,27,32)(H,28,30). The van der Waals surface area contributed by atoms with Crippen molar-refractivity contribution in [1.82, 2.24) is 5.32 Å². The van der Waals surface area contributed by atoms with Crippen molar-refractivity contribution in [2.24, 2.45) is 5.73 Å². The molecule has 3 rings (SSSR count). The fraction of sp³-hybridized carbons (Fsp3) is 0.130. The SMILES string of the molecule is Cc1cc(NC(=O)c2cccc(F)c2)sc1C(=O)Nc1ccccc1C(=O)NCCC(N)=O. The van der Waals surface area contributed by atoms with Crippen LogP contribution in [-0.4, -0.2) is 30.2 Å². The summed E-state index contributed by atoms with van der Waals surface area (Å²) in [5, 5.41) is 8.37. The van der Waals surface area contributed by atoms with Crippen LogP contribution in [0.25, 0.3) is 0 Å². The van der Waals surface area contributed by atoms with Gasteiger partial charge in [-0.2, -0.15) is 0 Å². The Morgan fingerprint density at radius 2 is 1.70 bits per heavy atom. The van der Waals surface area contributed by atoms with E-state index in [4.69, 9.17) is 5.73 Å². The number of rotatable bonds is 8. The molecule has 4 amide bonds. The fourth-order valence-electron chi connectivity index (χ4n) is 2.95. The van der Waals surface area contributed by atoms with Crippen molar-refractivity contribution in [2.45, 2.75) is 13.3 Å². The van der Waals surface area contributed by atoms with Gasteiger partial charge in [0.2, 0.25) is 5.91 Å². The Morgan fingerprint density at radius 1 is 0.939 bits per heavy atom. The third kappa shape index (κ3) is 6.23. The van der Waals surface area contributed by atoms with E-state index in [-0.39, 0.29) is 29.8 Å². The van der Waals surface area contributed by atoms with E-state index in [9.17, 15) is 23.6 Å². The van der Waals surface area contributed by atoms with E-state index in [2.05, 4.69) is 16.0 Å². The number of benzene rings is 2. The zero-order valence-electron chi connectivity index (χ0n) is 17.6. The second kappa shape index (κ2) is 10.5. The molecule has 0 atom stereocenters. The molecule has 0 fully saturated rings. The number of hydrogen-bond donors (Lipinski definition) is 4. The first-order valence-electron chi connectivity index (χ1n) is 9.89. The largest absolute Gasteiger partial charge is 0.370 e. The highest BCUT2D eigenvalue weighted by atomic mass is 32.1. The van der Waals surface area contributed by atoms with Gasteiger partial charge in [-0.05, 0) is 48.9 Å². The van der Waals surface area contributed by atoms with Gasteiger partial charge in [-0.1, -0.05) is 18.2 Å². The number of primary amides is 1. The van der Waals surface area contributed by atoms with Gasteiger partial charge < -0.3 is 21.7 Å². The monoisotopic (exact) mass is 468 g/mol. The molecular formula is C23H21FN4O4S. The number of carbonyl (C=O) groups is 4. The van der Waals surface area contributed by atoms with Crippen LogP contribution in [0.5, 0.6) is 0 Å². The highest BCUT2D eigenvalue weighted by molar-refractivity contribution is 7.18. The fourth-order valence-corrected chi connectivity index (χ4v) is 3.91. The zero-order chi connectivity index (χ0) is 24.0. The molecule has 2 aromatic carbocycles. The second-order valence-corrected chi connectivity index (χ2v) is 8.11. The first kappa shape index (κ1) is 23.6. The van der Waals surface area contributed by atoms with Crippen molar-refractivity contribution >= 4 is 45.7 Å². The smallest absolute Gasteiger partial charge is 0.266 e. The summed E-state index contributed by atoms with van der Waals surface area (Å²) in [4.78, 5) is 48.8. The molecule has 0 saturated carbocycles. The van der Waals surface area contributed by atoms with E-state index in [0.29, 0.717) is 15.4 Å². The van der Waals surface area contributed by atoms with E-state index in [1.165, 1.54) is 18.2 Å². The molecule has 0 aliphatic rings. The van der Waals surface area contributed by atoms with E-state index < -0.39 is 29.4 Å². The Kier molecular flexibility index (Phi) is 7.52. The minimum absolute atomic E-state index is 0.00121. The summed E-state index contributed by atoms with van der Waals surface area (Å²) in [6, 6.07) is 13.4. The van der Waals surface area contributed by atoms with Crippen molar-refractivity contribution in [1.29, 1.82) is 0 Å². The lowest BCUT2D eigenvalue weighted by atomic mass is 10.1. The van der Waals surface area contributed by atoms with Crippen molar-refractivity contribution in [3.8, 4) is 0 Å². The molecule has 0 bridgehead atoms. The third-order valence-corrected chi connectivity index (χ3v) is 5.68.